The van der Waals surface area contributed by atoms with E-state index in [4.69, 9.17) is 11.6 Å². The number of nitrogens with one attached hydrogen (secondary N) is 1. The van der Waals surface area contributed by atoms with Gasteiger partial charge in [-0.25, -0.2) is 0 Å². The fourth-order valence-electron chi connectivity index (χ4n) is 2.45. The van der Waals surface area contributed by atoms with E-state index in [-0.39, 0.29) is 0 Å². The van der Waals surface area contributed by atoms with Crippen molar-refractivity contribution >= 4 is 17.3 Å². The van der Waals surface area contributed by atoms with Gasteiger partial charge in [-0.3, -0.25) is 4.68 Å². The van der Waals surface area contributed by atoms with Gasteiger partial charge in [-0.2, -0.15) is 5.10 Å². The van der Waals surface area contributed by atoms with E-state index in [9.17, 15) is 0 Å². The third-order valence-corrected chi connectivity index (χ3v) is 3.81. The van der Waals surface area contributed by atoms with E-state index in [0.29, 0.717) is 6.54 Å². The molecule has 1 aromatic carbocycles. The average molecular weight is 292 g/mol. The van der Waals surface area contributed by atoms with Gasteiger partial charge >= 0.3 is 0 Å². The Hall–Kier alpha value is -1.48. The second kappa shape index (κ2) is 6.31. The Bertz CT molecular complexity index is 582. The molecular formula is C16H22ClN3. The summed E-state index contributed by atoms with van der Waals surface area (Å²) in [6, 6.07) is 6.46. The smallest absolute Gasteiger partial charge is 0.0868 e. The first-order valence-corrected chi connectivity index (χ1v) is 7.49. The molecule has 0 aliphatic carbocycles. The van der Waals surface area contributed by atoms with Crippen molar-refractivity contribution in [1.29, 1.82) is 0 Å². The first-order chi connectivity index (χ1) is 9.55. The molecule has 0 aliphatic heterocycles. The van der Waals surface area contributed by atoms with Crippen molar-refractivity contribution in [2.24, 2.45) is 0 Å². The average Bonchev–Trinajstić information content (AvgIpc) is 2.71. The molecule has 3 nitrogen and oxygen atoms in total. The highest BCUT2D eigenvalue weighted by molar-refractivity contribution is 6.31. The predicted octanol–water partition coefficient (Wildman–Crippen LogP) is 4.35. The second-order valence-electron chi connectivity index (χ2n) is 5.11. The topological polar surface area (TPSA) is 29.9 Å². The van der Waals surface area contributed by atoms with Crippen molar-refractivity contribution in [2.75, 3.05) is 5.32 Å². The Morgan fingerprint density at radius 1 is 1.15 bits per heavy atom. The number of rotatable bonds is 5. The summed E-state index contributed by atoms with van der Waals surface area (Å²) in [5, 5.41) is 8.79. The summed E-state index contributed by atoms with van der Waals surface area (Å²) in [5.41, 5.74) is 5.69. The maximum Gasteiger partial charge on any atom is 0.0868 e. The lowest BCUT2D eigenvalue weighted by molar-refractivity contribution is 0.619. The van der Waals surface area contributed by atoms with E-state index in [0.717, 1.165) is 35.1 Å². The minimum Gasteiger partial charge on any atom is -0.379 e. The number of halogens is 1. The maximum atomic E-state index is 6.41. The van der Waals surface area contributed by atoms with Crippen LogP contribution in [0.4, 0.5) is 5.69 Å². The largest absolute Gasteiger partial charge is 0.379 e. The van der Waals surface area contributed by atoms with Crippen LogP contribution in [0.1, 0.15) is 36.4 Å². The SMILES string of the molecule is CCc1nn(CC)c(CNc2cc(C)cc(C)c2)c1Cl. The molecule has 1 N–H and O–H groups in total. The van der Waals surface area contributed by atoms with Gasteiger partial charge in [0.1, 0.15) is 0 Å². The molecule has 0 amide bonds. The number of nitrogens with zero attached hydrogens (tertiary/aromatic N) is 2. The summed E-state index contributed by atoms with van der Waals surface area (Å²) in [6.07, 6.45) is 0.863. The van der Waals surface area contributed by atoms with Crippen LogP contribution in [-0.2, 0) is 19.5 Å². The zero-order chi connectivity index (χ0) is 14.7. The van der Waals surface area contributed by atoms with Crippen LogP contribution in [0.15, 0.2) is 18.2 Å². The van der Waals surface area contributed by atoms with E-state index in [1.807, 2.05) is 4.68 Å². The third kappa shape index (κ3) is 3.15. The molecule has 1 aromatic heterocycles. The fourth-order valence-corrected chi connectivity index (χ4v) is 2.78. The fraction of sp³-hybridized carbons (Fsp3) is 0.438. The molecule has 0 fully saturated rings. The number of aryl methyl sites for hydroxylation is 4. The van der Waals surface area contributed by atoms with E-state index >= 15 is 0 Å². The molecule has 20 heavy (non-hydrogen) atoms. The molecular weight excluding hydrogens is 270 g/mol. The van der Waals surface area contributed by atoms with E-state index in [1.54, 1.807) is 0 Å². The van der Waals surface area contributed by atoms with Crippen LogP contribution in [0.25, 0.3) is 0 Å². The second-order valence-corrected chi connectivity index (χ2v) is 5.48. The standard InChI is InChI=1S/C16H22ClN3/c1-5-14-16(17)15(20(6-2)19-14)10-18-13-8-11(3)7-12(4)9-13/h7-9,18H,5-6,10H2,1-4H3. The lowest BCUT2D eigenvalue weighted by atomic mass is 10.1. The molecule has 1 heterocycles. The van der Waals surface area contributed by atoms with Gasteiger partial charge in [-0.1, -0.05) is 24.6 Å². The molecule has 4 heteroatoms. The molecule has 0 radical (unpaired) electrons. The van der Waals surface area contributed by atoms with Gasteiger partial charge in [0.15, 0.2) is 0 Å². The highest BCUT2D eigenvalue weighted by Crippen LogP contribution is 2.23. The highest BCUT2D eigenvalue weighted by atomic mass is 35.5. The minimum absolute atomic E-state index is 0.697. The lowest BCUT2D eigenvalue weighted by Crippen LogP contribution is -2.08. The van der Waals surface area contributed by atoms with Crippen molar-refractivity contribution in [3.63, 3.8) is 0 Å². The van der Waals surface area contributed by atoms with Crippen LogP contribution >= 0.6 is 11.6 Å². The lowest BCUT2D eigenvalue weighted by Gasteiger charge is -2.10. The molecule has 0 bridgehead atoms. The third-order valence-electron chi connectivity index (χ3n) is 3.38. The van der Waals surface area contributed by atoms with Gasteiger partial charge in [0, 0.05) is 12.2 Å². The molecule has 0 aliphatic rings. The van der Waals surface area contributed by atoms with Crippen LogP contribution in [0.5, 0.6) is 0 Å². The number of anilines is 1. The molecule has 108 valence electrons. The van der Waals surface area contributed by atoms with Crippen molar-refractivity contribution in [3.8, 4) is 0 Å². The number of aromatic nitrogens is 2. The van der Waals surface area contributed by atoms with Gasteiger partial charge in [-0.05, 0) is 50.5 Å². The Labute approximate surface area is 126 Å². The van der Waals surface area contributed by atoms with Gasteiger partial charge in [0.25, 0.3) is 0 Å². The molecule has 0 spiro atoms. The first-order valence-electron chi connectivity index (χ1n) is 7.11. The monoisotopic (exact) mass is 291 g/mol. The van der Waals surface area contributed by atoms with Crippen molar-refractivity contribution in [1.82, 2.24) is 9.78 Å². The zero-order valence-electron chi connectivity index (χ0n) is 12.6. The van der Waals surface area contributed by atoms with Gasteiger partial charge in [0.05, 0.1) is 23.0 Å². The van der Waals surface area contributed by atoms with E-state index in [1.165, 1.54) is 11.1 Å². The summed E-state index contributed by atoms with van der Waals surface area (Å²) < 4.78 is 1.98. The normalized spacial score (nSPS) is 10.8. The molecule has 2 aromatic rings. The Morgan fingerprint density at radius 3 is 2.35 bits per heavy atom. The number of benzene rings is 1. The van der Waals surface area contributed by atoms with Crippen LogP contribution < -0.4 is 5.32 Å². The number of hydrogen-bond donors (Lipinski definition) is 1. The van der Waals surface area contributed by atoms with E-state index < -0.39 is 0 Å². The summed E-state index contributed by atoms with van der Waals surface area (Å²) in [4.78, 5) is 0. The molecule has 0 saturated carbocycles. The zero-order valence-corrected chi connectivity index (χ0v) is 13.4. The van der Waals surface area contributed by atoms with Gasteiger partial charge in [0.2, 0.25) is 0 Å². The molecule has 0 saturated heterocycles. The predicted molar refractivity (Wildman–Crippen MR) is 85.5 cm³/mol. The van der Waals surface area contributed by atoms with Crippen molar-refractivity contribution in [3.05, 3.63) is 45.7 Å². The van der Waals surface area contributed by atoms with Crippen molar-refractivity contribution < 1.29 is 0 Å². The minimum atomic E-state index is 0.697. The van der Waals surface area contributed by atoms with E-state index in [2.05, 4.69) is 56.3 Å². The van der Waals surface area contributed by atoms with Gasteiger partial charge in [-0.15, -0.1) is 0 Å². The van der Waals surface area contributed by atoms with Crippen LogP contribution in [-0.4, -0.2) is 9.78 Å². The van der Waals surface area contributed by atoms with Crippen LogP contribution in [0.3, 0.4) is 0 Å². The van der Waals surface area contributed by atoms with Gasteiger partial charge < -0.3 is 5.32 Å². The molecule has 2 rings (SSSR count). The molecule has 0 atom stereocenters. The Kier molecular flexibility index (Phi) is 4.71. The summed E-state index contributed by atoms with van der Waals surface area (Å²) in [7, 11) is 0. The quantitative estimate of drug-likeness (QED) is 0.887. The maximum absolute atomic E-state index is 6.41. The molecule has 0 unspecified atom stereocenters. The highest BCUT2D eigenvalue weighted by Gasteiger charge is 2.13. The number of hydrogen-bond acceptors (Lipinski definition) is 2. The summed E-state index contributed by atoms with van der Waals surface area (Å²) >= 11 is 6.41. The summed E-state index contributed by atoms with van der Waals surface area (Å²) in [6.45, 7) is 9.91. The van der Waals surface area contributed by atoms with Crippen LogP contribution in [0.2, 0.25) is 5.02 Å². The Morgan fingerprint density at radius 2 is 1.80 bits per heavy atom. The Balaban J connectivity index is 2.20. The van der Waals surface area contributed by atoms with Crippen molar-refractivity contribution in [2.45, 2.75) is 47.2 Å². The summed E-state index contributed by atoms with van der Waals surface area (Å²) in [5.74, 6) is 0. The first kappa shape index (κ1) is 14.9. The van der Waals surface area contributed by atoms with Crippen LogP contribution in [0, 0.1) is 13.8 Å².